The predicted molar refractivity (Wildman–Crippen MR) is 67.4 cm³/mol. The van der Waals surface area contributed by atoms with Crippen molar-refractivity contribution in [1.82, 2.24) is 9.88 Å². The second-order valence-corrected chi connectivity index (χ2v) is 4.71. The molecule has 2 heterocycles. The van der Waals surface area contributed by atoms with Gasteiger partial charge >= 0.3 is 0 Å². The van der Waals surface area contributed by atoms with Crippen LogP contribution >= 0.6 is 0 Å². The second kappa shape index (κ2) is 5.79. The number of aryl methyl sites for hydroxylation is 1. The van der Waals surface area contributed by atoms with Crippen molar-refractivity contribution in [2.75, 3.05) is 13.1 Å². The summed E-state index contributed by atoms with van der Waals surface area (Å²) in [5, 5.41) is 9.37. The molecule has 1 aliphatic rings. The van der Waals surface area contributed by atoms with Crippen LogP contribution in [0.4, 0.5) is 0 Å². The first-order chi connectivity index (χ1) is 8.31. The lowest BCUT2D eigenvalue weighted by Crippen LogP contribution is -2.29. The van der Waals surface area contributed by atoms with Gasteiger partial charge in [0, 0.05) is 17.5 Å². The largest absolute Gasteiger partial charge is 0.284 e. The molecule has 1 aromatic heterocycles. The number of likely N-dealkylation sites (tertiary alicyclic amines) is 1. The van der Waals surface area contributed by atoms with Crippen molar-refractivity contribution in [3.63, 3.8) is 0 Å². The Morgan fingerprint density at radius 2 is 1.94 bits per heavy atom. The molecule has 0 spiro atoms. The van der Waals surface area contributed by atoms with Crippen LogP contribution in [0.15, 0.2) is 18.3 Å². The summed E-state index contributed by atoms with van der Waals surface area (Å²) in [6.45, 7) is 4.04. The van der Waals surface area contributed by atoms with E-state index in [0.29, 0.717) is 0 Å². The molecule has 1 atom stereocenters. The molecule has 2 rings (SSSR count). The van der Waals surface area contributed by atoms with Gasteiger partial charge in [-0.3, -0.25) is 9.88 Å². The van der Waals surface area contributed by atoms with Crippen LogP contribution in [0.2, 0.25) is 0 Å². The van der Waals surface area contributed by atoms with Crippen molar-refractivity contribution in [2.45, 2.75) is 38.6 Å². The molecule has 1 fully saturated rings. The summed E-state index contributed by atoms with van der Waals surface area (Å²) >= 11 is 0. The third kappa shape index (κ3) is 3.04. The van der Waals surface area contributed by atoms with Crippen LogP contribution in [0, 0.1) is 18.3 Å². The van der Waals surface area contributed by atoms with E-state index in [1.807, 2.05) is 25.3 Å². The molecule has 3 heteroatoms. The van der Waals surface area contributed by atoms with E-state index < -0.39 is 0 Å². The SMILES string of the molecule is Cc1ccc(C(C#N)N2CCCCCC2)cn1. The van der Waals surface area contributed by atoms with E-state index in [4.69, 9.17) is 0 Å². The van der Waals surface area contributed by atoms with Gasteiger partial charge < -0.3 is 0 Å². The van der Waals surface area contributed by atoms with E-state index >= 15 is 0 Å². The Morgan fingerprint density at radius 3 is 2.47 bits per heavy atom. The maximum atomic E-state index is 9.37. The van der Waals surface area contributed by atoms with Crippen LogP contribution in [-0.2, 0) is 0 Å². The van der Waals surface area contributed by atoms with Crippen LogP contribution in [0.25, 0.3) is 0 Å². The first-order valence-corrected chi connectivity index (χ1v) is 6.37. The maximum Gasteiger partial charge on any atom is 0.125 e. The van der Waals surface area contributed by atoms with E-state index in [-0.39, 0.29) is 6.04 Å². The van der Waals surface area contributed by atoms with Crippen molar-refractivity contribution >= 4 is 0 Å². The van der Waals surface area contributed by atoms with Crippen LogP contribution in [0.5, 0.6) is 0 Å². The summed E-state index contributed by atoms with van der Waals surface area (Å²) < 4.78 is 0. The first kappa shape index (κ1) is 12.1. The van der Waals surface area contributed by atoms with Crippen molar-refractivity contribution in [3.05, 3.63) is 29.6 Å². The van der Waals surface area contributed by atoms with Gasteiger partial charge in [0.05, 0.1) is 6.07 Å². The highest BCUT2D eigenvalue weighted by molar-refractivity contribution is 5.22. The molecule has 3 nitrogen and oxygen atoms in total. The minimum absolute atomic E-state index is 0.124. The maximum absolute atomic E-state index is 9.37. The summed E-state index contributed by atoms with van der Waals surface area (Å²) in [6, 6.07) is 6.31. The first-order valence-electron chi connectivity index (χ1n) is 6.37. The summed E-state index contributed by atoms with van der Waals surface area (Å²) in [6.07, 6.45) is 6.84. The highest BCUT2D eigenvalue weighted by Crippen LogP contribution is 2.23. The Kier molecular flexibility index (Phi) is 4.11. The molecule has 1 aliphatic heterocycles. The fraction of sp³-hybridized carbons (Fsp3) is 0.571. The molecular formula is C14H19N3. The van der Waals surface area contributed by atoms with Gasteiger partial charge in [-0.15, -0.1) is 0 Å². The molecule has 1 aromatic rings. The number of rotatable bonds is 2. The average molecular weight is 229 g/mol. The van der Waals surface area contributed by atoms with Gasteiger partial charge in [0.25, 0.3) is 0 Å². The topological polar surface area (TPSA) is 39.9 Å². The number of aromatic nitrogens is 1. The molecule has 0 aromatic carbocycles. The van der Waals surface area contributed by atoms with Gasteiger partial charge in [-0.1, -0.05) is 18.9 Å². The van der Waals surface area contributed by atoms with Gasteiger partial charge in [0.15, 0.2) is 0 Å². The Labute approximate surface area is 103 Å². The van der Waals surface area contributed by atoms with E-state index in [9.17, 15) is 5.26 Å². The number of hydrogen-bond acceptors (Lipinski definition) is 3. The normalized spacial score (nSPS) is 19.3. The lowest BCUT2D eigenvalue weighted by molar-refractivity contribution is 0.245. The lowest BCUT2D eigenvalue weighted by Gasteiger charge is -2.25. The number of nitrogens with zero attached hydrogens (tertiary/aromatic N) is 3. The molecule has 1 unspecified atom stereocenters. The van der Waals surface area contributed by atoms with Crippen molar-refractivity contribution < 1.29 is 0 Å². The summed E-state index contributed by atoms with van der Waals surface area (Å²) in [5.41, 5.74) is 2.03. The van der Waals surface area contributed by atoms with Crippen molar-refractivity contribution in [2.24, 2.45) is 0 Å². The zero-order valence-electron chi connectivity index (χ0n) is 10.4. The minimum Gasteiger partial charge on any atom is -0.284 e. The van der Waals surface area contributed by atoms with Gasteiger partial charge in [0.2, 0.25) is 0 Å². The van der Waals surface area contributed by atoms with Gasteiger partial charge in [-0.25, -0.2) is 0 Å². The molecule has 0 amide bonds. The van der Waals surface area contributed by atoms with E-state index in [2.05, 4.69) is 16.0 Å². The lowest BCUT2D eigenvalue weighted by atomic mass is 10.1. The fourth-order valence-electron chi connectivity index (χ4n) is 2.36. The van der Waals surface area contributed by atoms with E-state index in [1.165, 1.54) is 25.7 Å². The molecular weight excluding hydrogens is 210 g/mol. The number of pyridine rings is 1. The van der Waals surface area contributed by atoms with Gasteiger partial charge in [0.1, 0.15) is 6.04 Å². The zero-order valence-corrected chi connectivity index (χ0v) is 10.4. The zero-order chi connectivity index (χ0) is 12.1. The monoisotopic (exact) mass is 229 g/mol. The quantitative estimate of drug-likeness (QED) is 0.783. The number of nitriles is 1. The Balaban J connectivity index is 2.15. The van der Waals surface area contributed by atoms with Crippen molar-refractivity contribution in [1.29, 1.82) is 5.26 Å². The summed E-state index contributed by atoms with van der Waals surface area (Å²) in [4.78, 5) is 6.58. The van der Waals surface area contributed by atoms with Crippen molar-refractivity contribution in [3.8, 4) is 6.07 Å². The Hall–Kier alpha value is -1.40. The minimum atomic E-state index is -0.124. The standard InChI is InChI=1S/C14H19N3/c1-12-6-7-13(11-16-12)14(10-15)17-8-4-2-3-5-9-17/h6-7,11,14H,2-5,8-9H2,1H3. The van der Waals surface area contributed by atoms with Crippen LogP contribution < -0.4 is 0 Å². The summed E-state index contributed by atoms with van der Waals surface area (Å²) in [7, 11) is 0. The molecule has 0 saturated carbocycles. The molecule has 1 saturated heterocycles. The van der Waals surface area contributed by atoms with Crippen LogP contribution in [0.1, 0.15) is 43.0 Å². The fourth-order valence-corrected chi connectivity index (χ4v) is 2.36. The Bertz CT molecular complexity index is 383. The highest BCUT2D eigenvalue weighted by atomic mass is 15.2. The molecule has 17 heavy (non-hydrogen) atoms. The smallest absolute Gasteiger partial charge is 0.125 e. The predicted octanol–water partition coefficient (Wildman–Crippen LogP) is 2.83. The third-order valence-electron chi connectivity index (χ3n) is 3.38. The third-order valence-corrected chi connectivity index (χ3v) is 3.38. The second-order valence-electron chi connectivity index (χ2n) is 4.71. The molecule has 0 aliphatic carbocycles. The van der Waals surface area contributed by atoms with Crippen LogP contribution in [0.3, 0.4) is 0 Å². The van der Waals surface area contributed by atoms with E-state index in [1.54, 1.807) is 0 Å². The Morgan fingerprint density at radius 1 is 1.24 bits per heavy atom. The highest BCUT2D eigenvalue weighted by Gasteiger charge is 2.21. The molecule has 90 valence electrons. The number of hydrogen-bond donors (Lipinski definition) is 0. The van der Waals surface area contributed by atoms with Gasteiger partial charge in [-0.05, 0) is 38.9 Å². The van der Waals surface area contributed by atoms with Crippen LogP contribution in [-0.4, -0.2) is 23.0 Å². The molecule has 0 bridgehead atoms. The van der Waals surface area contributed by atoms with E-state index in [0.717, 1.165) is 24.3 Å². The molecule has 0 radical (unpaired) electrons. The summed E-state index contributed by atoms with van der Waals surface area (Å²) in [5.74, 6) is 0. The van der Waals surface area contributed by atoms with Gasteiger partial charge in [-0.2, -0.15) is 5.26 Å². The molecule has 0 N–H and O–H groups in total. The average Bonchev–Trinajstić information content (AvgIpc) is 2.62.